The van der Waals surface area contributed by atoms with E-state index in [1.54, 1.807) is 0 Å². The highest BCUT2D eigenvalue weighted by molar-refractivity contribution is 4.81. The Balaban J connectivity index is 3.26. The summed E-state index contributed by atoms with van der Waals surface area (Å²) >= 11 is 0. The molecule has 0 rings (SSSR count). The van der Waals surface area contributed by atoms with Crippen molar-refractivity contribution in [2.75, 3.05) is 6.54 Å². The molecule has 9 heavy (non-hydrogen) atoms. The summed E-state index contributed by atoms with van der Waals surface area (Å²) in [6, 6.07) is 0. The lowest BCUT2D eigenvalue weighted by atomic mass is 10.1. The third-order valence-corrected chi connectivity index (χ3v) is 1.27. The Morgan fingerprint density at radius 2 is 2.44 bits per heavy atom. The lowest BCUT2D eigenvalue weighted by molar-refractivity contribution is 0.614. The molecule has 0 heterocycles. The number of hydrogen-bond acceptors (Lipinski definition) is 1. The summed E-state index contributed by atoms with van der Waals surface area (Å²) in [5.41, 5.74) is 8.08. The van der Waals surface area contributed by atoms with E-state index < -0.39 is 0 Å². The van der Waals surface area contributed by atoms with Crippen LogP contribution in [0, 0.1) is 5.92 Å². The van der Waals surface area contributed by atoms with Gasteiger partial charge in [0.25, 0.3) is 0 Å². The molecule has 1 unspecified atom stereocenters. The number of rotatable bonds is 4. The Hall–Kier alpha value is -0.520. The van der Waals surface area contributed by atoms with Gasteiger partial charge in [-0.05, 0) is 31.4 Å². The first-order valence-corrected chi connectivity index (χ1v) is 3.37. The molecule has 1 nitrogen and oxygen atoms in total. The lowest BCUT2D eigenvalue weighted by Gasteiger charge is -2.00. The molecular weight excluding hydrogens is 110 g/mol. The SMILES string of the molecule is C=C=CC(C)CCCN. The van der Waals surface area contributed by atoms with Crippen LogP contribution in [0.1, 0.15) is 19.8 Å². The van der Waals surface area contributed by atoms with E-state index in [1.165, 1.54) is 0 Å². The molecule has 0 spiro atoms. The van der Waals surface area contributed by atoms with Gasteiger partial charge in [0.05, 0.1) is 0 Å². The second-order valence-corrected chi connectivity index (χ2v) is 2.28. The second kappa shape index (κ2) is 5.61. The van der Waals surface area contributed by atoms with Gasteiger partial charge in [0.1, 0.15) is 0 Å². The quantitative estimate of drug-likeness (QED) is 0.569. The molecule has 0 aliphatic carbocycles. The Morgan fingerprint density at radius 3 is 2.89 bits per heavy atom. The van der Waals surface area contributed by atoms with Crippen LogP contribution in [0.5, 0.6) is 0 Å². The first-order chi connectivity index (χ1) is 4.31. The van der Waals surface area contributed by atoms with Crippen LogP contribution in [-0.2, 0) is 0 Å². The summed E-state index contributed by atoms with van der Waals surface area (Å²) < 4.78 is 0. The van der Waals surface area contributed by atoms with E-state index in [2.05, 4.69) is 19.2 Å². The van der Waals surface area contributed by atoms with Crippen molar-refractivity contribution in [3.63, 3.8) is 0 Å². The Morgan fingerprint density at radius 1 is 1.78 bits per heavy atom. The van der Waals surface area contributed by atoms with Gasteiger partial charge >= 0.3 is 0 Å². The van der Waals surface area contributed by atoms with Gasteiger partial charge in [0.15, 0.2) is 0 Å². The molecule has 0 aliphatic heterocycles. The van der Waals surface area contributed by atoms with Crippen LogP contribution in [0.3, 0.4) is 0 Å². The number of nitrogens with two attached hydrogens (primary N) is 1. The third kappa shape index (κ3) is 5.35. The van der Waals surface area contributed by atoms with Crippen LogP contribution in [-0.4, -0.2) is 6.54 Å². The van der Waals surface area contributed by atoms with Crippen LogP contribution in [0.4, 0.5) is 0 Å². The molecule has 0 amide bonds. The van der Waals surface area contributed by atoms with Gasteiger partial charge in [-0.2, -0.15) is 0 Å². The maximum absolute atomic E-state index is 5.32. The largest absolute Gasteiger partial charge is 0.330 e. The van der Waals surface area contributed by atoms with E-state index in [0.29, 0.717) is 5.92 Å². The van der Waals surface area contributed by atoms with E-state index in [1.807, 2.05) is 6.08 Å². The first kappa shape index (κ1) is 8.48. The Labute approximate surface area is 57.3 Å². The van der Waals surface area contributed by atoms with Crippen molar-refractivity contribution in [3.8, 4) is 0 Å². The average Bonchev–Trinajstić information content (AvgIpc) is 1.85. The molecule has 1 atom stereocenters. The maximum Gasteiger partial charge on any atom is -0.00771 e. The van der Waals surface area contributed by atoms with E-state index in [-0.39, 0.29) is 0 Å². The predicted octanol–water partition coefficient (Wildman–Crippen LogP) is 1.70. The van der Waals surface area contributed by atoms with E-state index in [9.17, 15) is 0 Å². The van der Waals surface area contributed by atoms with E-state index in [4.69, 9.17) is 5.73 Å². The highest BCUT2D eigenvalue weighted by Gasteiger charge is 1.92. The van der Waals surface area contributed by atoms with Gasteiger partial charge in [-0.15, -0.1) is 5.73 Å². The Kier molecular flexibility index (Phi) is 5.29. The zero-order valence-corrected chi connectivity index (χ0v) is 6.06. The molecule has 0 saturated carbocycles. The monoisotopic (exact) mass is 125 g/mol. The highest BCUT2D eigenvalue weighted by Crippen LogP contribution is 2.04. The smallest absolute Gasteiger partial charge is 0.00771 e. The molecule has 0 aromatic carbocycles. The molecule has 1 heteroatoms. The minimum absolute atomic E-state index is 0.589. The molecular formula is C8H15N. The van der Waals surface area contributed by atoms with Crippen molar-refractivity contribution in [1.29, 1.82) is 0 Å². The standard InChI is InChI=1S/C8H15N/c1-3-5-8(2)6-4-7-9/h5,8H,1,4,6-7,9H2,2H3. The van der Waals surface area contributed by atoms with Crippen molar-refractivity contribution < 1.29 is 0 Å². The zero-order chi connectivity index (χ0) is 7.11. The van der Waals surface area contributed by atoms with Gasteiger partial charge in [-0.1, -0.05) is 13.5 Å². The molecule has 0 fully saturated rings. The summed E-state index contributed by atoms with van der Waals surface area (Å²) in [7, 11) is 0. The molecule has 2 N–H and O–H groups in total. The van der Waals surface area contributed by atoms with Crippen LogP contribution in [0.15, 0.2) is 18.4 Å². The van der Waals surface area contributed by atoms with E-state index in [0.717, 1.165) is 19.4 Å². The average molecular weight is 125 g/mol. The van der Waals surface area contributed by atoms with Crippen molar-refractivity contribution in [3.05, 3.63) is 18.4 Å². The summed E-state index contributed by atoms with van der Waals surface area (Å²) in [5, 5.41) is 0. The molecule has 0 saturated heterocycles. The summed E-state index contributed by atoms with van der Waals surface area (Å²) in [6.07, 6.45) is 4.23. The van der Waals surface area contributed by atoms with Crippen LogP contribution >= 0.6 is 0 Å². The topological polar surface area (TPSA) is 26.0 Å². The fourth-order valence-electron chi connectivity index (χ4n) is 0.724. The van der Waals surface area contributed by atoms with Crippen LogP contribution in [0.2, 0.25) is 0 Å². The Bertz CT molecular complexity index is 101. The van der Waals surface area contributed by atoms with Gasteiger partial charge in [0, 0.05) is 0 Å². The summed E-state index contributed by atoms with van der Waals surface area (Å²) in [4.78, 5) is 0. The fraction of sp³-hybridized carbons (Fsp3) is 0.625. The molecule has 0 aliphatic rings. The first-order valence-electron chi connectivity index (χ1n) is 3.37. The zero-order valence-electron chi connectivity index (χ0n) is 6.06. The van der Waals surface area contributed by atoms with Crippen molar-refractivity contribution >= 4 is 0 Å². The van der Waals surface area contributed by atoms with Crippen molar-refractivity contribution in [2.24, 2.45) is 11.7 Å². The van der Waals surface area contributed by atoms with Crippen molar-refractivity contribution in [2.45, 2.75) is 19.8 Å². The molecule has 0 radical (unpaired) electrons. The third-order valence-electron chi connectivity index (χ3n) is 1.27. The molecule has 0 bridgehead atoms. The molecule has 0 aromatic rings. The summed E-state index contributed by atoms with van der Waals surface area (Å²) in [6.45, 7) is 6.43. The molecule has 52 valence electrons. The molecule has 0 aromatic heterocycles. The number of hydrogen-bond donors (Lipinski definition) is 1. The van der Waals surface area contributed by atoms with Gasteiger partial charge in [-0.25, -0.2) is 0 Å². The van der Waals surface area contributed by atoms with Crippen LogP contribution < -0.4 is 5.73 Å². The second-order valence-electron chi connectivity index (χ2n) is 2.28. The van der Waals surface area contributed by atoms with Gasteiger partial charge in [0.2, 0.25) is 0 Å². The predicted molar refractivity (Wildman–Crippen MR) is 41.2 cm³/mol. The minimum Gasteiger partial charge on any atom is -0.330 e. The van der Waals surface area contributed by atoms with Gasteiger partial charge in [-0.3, -0.25) is 0 Å². The highest BCUT2D eigenvalue weighted by atomic mass is 14.5. The van der Waals surface area contributed by atoms with Crippen LogP contribution in [0.25, 0.3) is 0 Å². The maximum atomic E-state index is 5.32. The normalized spacial score (nSPS) is 12.2. The van der Waals surface area contributed by atoms with Crippen molar-refractivity contribution in [1.82, 2.24) is 0 Å². The fourth-order valence-corrected chi connectivity index (χ4v) is 0.724. The lowest BCUT2D eigenvalue weighted by Crippen LogP contribution is -2.00. The van der Waals surface area contributed by atoms with E-state index >= 15 is 0 Å². The summed E-state index contributed by atoms with van der Waals surface area (Å²) in [5.74, 6) is 0.589. The van der Waals surface area contributed by atoms with Gasteiger partial charge < -0.3 is 5.73 Å². The number of allylic oxidation sites excluding steroid dienone is 1. The minimum atomic E-state index is 0.589.